The van der Waals surface area contributed by atoms with E-state index in [9.17, 15) is 35.7 Å². The Morgan fingerprint density at radius 2 is 1.25 bits per heavy atom. The summed E-state index contributed by atoms with van der Waals surface area (Å²) >= 11 is 0. The molecule has 2 aliphatic heterocycles. The lowest BCUT2D eigenvalue weighted by molar-refractivity contribution is -0.355. The molecule has 0 radical (unpaired) electrons. The van der Waals surface area contributed by atoms with Gasteiger partial charge in [-0.2, -0.15) is 0 Å². The monoisotopic (exact) mass is 358 g/mol. The van der Waals surface area contributed by atoms with E-state index in [0.717, 1.165) is 0 Å². The van der Waals surface area contributed by atoms with E-state index in [2.05, 4.69) is 0 Å². The van der Waals surface area contributed by atoms with Crippen molar-refractivity contribution in [3.05, 3.63) is 0 Å². The van der Waals surface area contributed by atoms with Crippen molar-refractivity contribution in [2.24, 2.45) is 0 Å². The van der Waals surface area contributed by atoms with Crippen LogP contribution in [0.15, 0.2) is 0 Å². The van der Waals surface area contributed by atoms with Crippen molar-refractivity contribution in [3.8, 4) is 0 Å². The van der Waals surface area contributed by atoms with Gasteiger partial charge in [0.15, 0.2) is 12.6 Å². The highest BCUT2D eigenvalue weighted by Crippen LogP contribution is 2.28. The Morgan fingerprint density at radius 3 is 1.79 bits per heavy atom. The second kappa shape index (κ2) is 8.78. The summed E-state index contributed by atoms with van der Waals surface area (Å²) in [5.41, 5.74) is 0. The Hall–Kier alpha value is -0.440. The first kappa shape index (κ1) is 21.6. The van der Waals surface area contributed by atoms with E-state index in [0.29, 0.717) is 0 Å². The topological polar surface area (TPSA) is 190 Å². The molecule has 0 amide bonds. The Bertz CT molecular complexity index is 379. The first-order chi connectivity index (χ1) is 10.8. The minimum Gasteiger partial charge on any atom is -0.394 e. The van der Waals surface area contributed by atoms with Crippen LogP contribution in [0, 0.1) is 0 Å². The summed E-state index contributed by atoms with van der Waals surface area (Å²) in [7, 11) is 0. The predicted molar refractivity (Wildman–Crippen MR) is 75.4 cm³/mol. The first-order valence-electron chi connectivity index (χ1n) is 7.08. The van der Waals surface area contributed by atoms with Crippen molar-refractivity contribution in [1.82, 2.24) is 0 Å². The van der Waals surface area contributed by atoms with Gasteiger partial charge >= 0.3 is 0 Å². The number of ether oxygens (including phenoxy) is 3. The van der Waals surface area contributed by atoms with E-state index >= 15 is 0 Å². The van der Waals surface area contributed by atoms with E-state index in [4.69, 9.17) is 19.3 Å². The Labute approximate surface area is 138 Å². The molecule has 0 saturated carbocycles. The summed E-state index contributed by atoms with van der Waals surface area (Å²) in [5, 5.41) is 76.5. The molecule has 2 heterocycles. The zero-order chi connectivity index (χ0) is 17.3. The highest BCUT2D eigenvalue weighted by Gasteiger charge is 2.50. The van der Waals surface area contributed by atoms with Crippen LogP contribution in [0.1, 0.15) is 7.43 Å². The van der Waals surface area contributed by atoms with Crippen molar-refractivity contribution in [1.29, 1.82) is 0 Å². The number of aliphatic hydroxyl groups excluding tert-OH is 8. The van der Waals surface area contributed by atoms with Gasteiger partial charge in [0.05, 0.1) is 13.2 Å². The summed E-state index contributed by atoms with van der Waals surface area (Å²) in [5.74, 6) is 0. The van der Waals surface area contributed by atoms with Gasteiger partial charge in [-0.1, -0.05) is 7.43 Å². The molecule has 2 rings (SSSR count). The van der Waals surface area contributed by atoms with E-state index in [1.54, 1.807) is 0 Å². The van der Waals surface area contributed by atoms with Crippen molar-refractivity contribution < 1.29 is 55.1 Å². The molecule has 0 aromatic heterocycles. The van der Waals surface area contributed by atoms with Gasteiger partial charge in [0.1, 0.15) is 48.8 Å². The fourth-order valence-corrected chi connectivity index (χ4v) is 2.57. The zero-order valence-electron chi connectivity index (χ0n) is 12.0. The van der Waals surface area contributed by atoms with Crippen LogP contribution in [-0.4, -0.2) is 115 Å². The summed E-state index contributed by atoms with van der Waals surface area (Å²) in [6.07, 6.45) is -15.6. The molecule has 2 fully saturated rings. The second-order valence-electron chi connectivity index (χ2n) is 5.53. The summed E-state index contributed by atoms with van der Waals surface area (Å²) in [6.45, 7) is -1.35. The molecule has 8 N–H and O–H groups in total. The molecule has 2 saturated heterocycles. The van der Waals surface area contributed by atoms with Crippen LogP contribution in [0.2, 0.25) is 0 Å². The quantitative estimate of drug-likeness (QED) is 0.241. The third-order valence-corrected chi connectivity index (χ3v) is 3.98. The minimum atomic E-state index is -1.74. The van der Waals surface area contributed by atoms with Gasteiger partial charge in [0.2, 0.25) is 0 Å². The Balaban J connectivity index is 0.00000288. The van der Waals surface area contributed by atoms with Gasteiger partial charge in [0, 0.05) is 0 Å². The lowest BCUT2D eigenvalue weighted by Gasteiger charge is -2.45. The molecule has 0 bridgehead atoms. The maximum Gasteiger partial charge on any atom is 0.187 e. The van der Waals surface area contributed by atoms with Gasteiger partial charge in [-0.25, -0.2) is 0 Å². The van der Waals surface area contributed by atoms with Gasteiger partial charge in [-0.15, -0.1) is 0 Å². The largest absolute Gasteiger partial charge is 0.394 e. The van der Waals surface area contributed by atoms with E-state index in [1.807, 2.05) is 0 Å². The molecule has 2 aliphatic rings. The fourth-order valence-electron chi connectivity index (χ4n) is 2.57. The molecule has 11 heteroatoms. The van der Waals surface area contributed by atoms with E-state index in [-0.39, 0.29) is 7.43 Å². The standard InChI is InChI=1S/C12H22O11.CH4/c13-1-3-5(15)6(16)9(19)12(22-3)23-10-4(2-14)21-11(20)8(18)7(10)17;/h3-20H,1-2H2;1H4/t3-,4-,5+,6+,7-,8-,9-,10-,11+,12+;/m1./s1. The van der Waals surface area contributed by atoms with Crippen LogP contribution in [0.4, 0.5) is 0 Å². The van der Waals surface area contributed by atoms with Crippen LogP contribution in [0.3, 0.4) is 0 Å². The number of hydrogen-bond donors (Lipinski definition) is 8. The molecule has 0 aromatic rings. The molecule has 10 atom stereocenters. The van der Waals surface area contributed by atoms with Gasteiger partial charge in [-0.05, 0) is 0 Å². The van der Waals surface area contributed by atoms with Crippen molar-refractivity contribution in [3.63, 3.8) is 0 Å². The molecular weight excluding hydrogens is 332 g/mol. The maximum atomic E-state index is 9.94. The number of hydrogen-bond acceptors (Lipinski definition) is 11. The molecule has 24 heavy (non-hydrogen) atoms. The number of rotatable bonds is 4. The highest BCUT2D eigenvalue weighted by atomic mass is 16.7. The summed E-state index contributed by atoms with van der Waals surface area (Å²) < 4.78 is 15.3. The number of aliphatic hydroxyl groups is 8. The molecule has 0 unspecified atom stereocenters. The summed E-state index contributed by atoms with van der Waals surface area (Å²) in [4.78, 5) is 0. The van der Waals surface area contributed by atoms with Crippen LogP contribution in [0.25, 0.3) is 0 Å². The van der Waals surface area contributed by atoms with Gasteiger partial charge in [0.25, 0.3) is 0 Å². The average Bonchev–Trinajstić information content (AvgIpc) is 2.55. The molecule has 144 valence electrons. The van der Waals surface area contributed by atoms with Crippen LogP contribution in [0.5, 0.6) is 0 Å². The highest BCUT2D eigenvalue weighted by molar-refractivity contribution is 4.93. The van der Waals surface area contributed by atoms with Crippen molar-refractivity contribution in [2.75, 3.05) is 13.2 Å². The molecular formula is C13H26O11. The zero-order valence-corrected chi connectivity index (χ0v) is 12.0. The Kier molecular flexibility index (Phi) is 7.90. The van der Waals surface area contributed by atoms with Crippen LogP contribution >= 0.6 is 0 Å². The average molecular weight is 358 g/mol. The first-order valence-corrected chi connectivity index (χ1v) is 7.08. The van der Waals surface area contributed by atoms with Crippen LogP contribution in [-0.2, 0) is 14.2 Å². The molecule has 0 spiro atoms. The lowest BCUT2D eigenvalue weighted by atomic mass is 9.97. The van der Waals surface area contributed by atoms with Crippen molar-refractivity contribution >= 4 is 0 Å². The SMILES string of the molecule is C.OC[C@H]1O[C@@H](O[C@H]2[C@H](O)[C@@H](O)[C@@H](O)O[C@@H]2CO)[C@H](O)[C@@H](O)[C@H]1O. The second-order valence-corrected chi connectivity index (χ2v) is 5.53. The normalized spacial score (nSPS) is 49.5. The molecule has 0 aliphatic carbocycles. The smallest absolute Gasteiger partial charge is 0.187 e. The van der Waals surface area contributed by atoms with Crippen LogP contribution < -0.4 is 0 Å². The predicted octanol–water partition coefficient (Wildman–Crippen LogP) is -4.76. The third-order valence-electron chi connectivity index (χ3n) is 3.98. The van der Waals surface area contributed by atoms with E-state index in [1.165, 1.54) is 0 Å². The maximum absolute atomic E-state index is 9.94. The van der Waals surface area contributed by atoms with E-state index < -0.39 is 74.6 Å². The van der Waals surface area contributed by atoms with Gasteiger partial charge < -0.3 is 55.1 Å². The Morgan fingerprint density at radius 1 is 0.667 bits per heavy atom. The molecule has 0 aromatic carbocycles. The fraction of sp³-hybridized carbons (Fsp3) is 1.00. The van der Waals surface area contributed by atoms with Gasteiger partial charge in [-0.3, -0.25) is 0 Å². The van der Waals surface area contributed by atoms with Crippen molar-refractivity contribution in [2.45, 2.75) is 68.8 Å². The minimum absolute atomic E-state index is 0. The molecule has 11 nitrogen and oxygen atoms in total. The lowest BCUT2D eigenvalue weighted by Crippen LogP contribution is -2.64. The summed E-state index contributed by atoms with van der Waals surface area (Å²) in [6, 6.07) is 0. The third kappa shape index (κ3) is 4.03.